The fourth-order valence-electron chi connectivity index (χ4n) is 2.45. The molecular weight excluding hydrogens is 272 g/mol. The molecule has 0 aromatic carbocycles. The van der Waals surface area contributed by atoms with Gasteiger partial charge in [-0.1, -0.05) is 26.3 Å². The van der Waals surface area contributed by atoms with Crippen LogP contribution in [0.4, 0.5) is 0 Å². The Bertz CT molecular complexity index is 227. The van der Waals surface area contributed by atoms with Gasteiger partial charge in [0.1, 0.15) is 0 Å². The molecule has 5 heteroatoms. The summed E-state index contributed by atoms with van der Waals surface area (Å²) in [6.45, 7) is 15.5. The van der Waals surface area contributed by atoms with E-state index in [0.717, 1.165) is 6.04 Å². The molecule has 0 aliphatic heterocycles. The van der Waals surface area contributed by atoms with Crippen molar-refractivity contribution in [2.45, 2.75) is 83.2 Å². The summed E-state index contributed by atoms with van der Waals surface area (Å²) in [6.07, 6.45) is 3.54. The average Bonchev–Trinajstić information content (AvgIpc) is 2.19. The van der Waals surface area contributed by atoms with Gasteiger partial charge in [-0.15, -0.1) is 0 Å². The minimum Gasteiger partial charge on any atom is -0.432 e. The summed E-state index contributed by atoms with van der Waals surface area (Å²) in [4.78, 5) is 9.88. The van der Waals surface area contributed by atoms with Crippen LogP contribution in [0.1, 0.15) is 33.1 Å². The van der Waals surface area contributed by atoms with Crippen molar-refractivity contribution in [2.24, 2.45) is 0 Å². The van der Waals surface area contributed by atoms with E-state index < -0.39 is 16.6 Å². The van der Waals surface area contributed by atoms with Gasteiger partial charge in [-0.25, -0.2) is 0 Å². The molecular formula is C13H34O2Si3. The molecule has 0 heterocycles. The fourth-order valence-corrected chi connectivity index (χ4v) is 9.21. The first-order valence-corrected chi connectivity index (χ1v) is 15.7. The van der Waals surface area contributed by atoms with Crippen LogP contribution in [0.5, 0.6) is 0 Å². The molecule has 1 N–H and O–H groups in total. The van der Waals surface area contributed by atoms with Crippen LogP contribution in [0.2, 0.25) is 44.8 Å². The van der Waals surface area contributed by atoms with Crippen LogP contribution in [0.15, 0.2) is 0 Å². The highest BCUT2D eigenvalue weighted by molar-refractivity contribution is 6.70. The quantitative estimate of drug-likeness (QED) is 0.521. The van der Waals surface area contributed by atoms with E-state index in [0.29, 0.717) is 0 Å². The number of rotatable bonds is 9. The molecule has 0 amide bonds. The molecule has 0 fully saturated rings. The van der Waals surface area contributed by atoms with Crippen LogP contribution in [0, 0.1) is 0 Å². The summed E-state index contributed by atoms with van der Waals surface area (Å²) in [5.74, 6) is 0. The Kier molecular flexibility index (Phi) is 7.61. The van der Waals surface area contributed by atoms with Gasteiger partial charge in [-0.2, -0.15) is 0 Å². The van der Waals surface area contributed by atoms with Gasteiger partial charge in [0, 0.05) is 5.22 Å². The Hall–Kier alpha value is 0.571. The Morgan fingerprint density at radius 2 is 1.56 bits per heavy atom. The number of hydrogen-bond acceptors (Lipinski definition) is 2. The molecule has 0 aromatic heterocycles. The van der Waals surface area contributed by atoms with Crippen molar-refractivity contribution in [3.63, 3.8) is 0 Å². The van der Waals surface area contributed by atoms with E-state index in [9.17, 15) is 4.80 Å². The molecule has 110 valence electrons. The molecule has 0 aliphatic rings. The van der Waals surface area contributed by atoms with Gasteiger partial charge < -0.3 is 9.22 Å². The third kappa shape index (κ3) is 8.63. The van der Waals surface area contributed by atoms with Gasteiger partial charge in [0.25, 0.3) is 0 Å². The molecule has 0 radical (unpaired) electrons. The average molecular weight is 307 g/mol. The van der Waals surface area contributed by atoms with E-state index in [1.165, 1.54) is 25.3 Å². The van der Waals surface area contributed by atoms with E-state index in [4.69, 9.17) is 4.43 Å². The highest BCUT2D eigenvalue weighted by Crippen LogP contribution is 2.26. The van der Waals surface area contributed by atoms with Gasteiger partial charge in [-0.05, 0) is 51.6 Å². The first kappa shape index (κ1) is 18.6. The third-order valence-corrected chi connectivity index (χ3v) is 9.30. The molecule has 0 unspecified atom stereocenters. The lowest BCUT2D eigenvalue weighted by atomic mass is 10.2. The van der Waals surface area contributed by atoms with Crippen LogP contribution < -0.4 is 0 Å². The lowest BCUT2D eigenvalue weighted by Gasteiger charge is -2.38. The van der Waals surface area contributed by atoms with Crippen molar-refractivity contribution in [3.8, 4) is 0 Å². The lowest BCUT2D eigenvalue weighted by molar-refractivity contribution is 0.135. The molecule has 0 rings (SSSR count). The van der Waals surface area contributed by atoms with E-state index in [-0.39, 0.29) is 14.7 Å². The van der Waals surface area contributed by atoms with Gasteiger partial charge >= 0.3 is 0 Å². The Balaban J connectivity index is 4.28. The van der Waals surface area contributed by atoms with Crippen molar-refractivity contribution in [2.75, 3.05) is 0 Å². The van der Waals surface area contributed by atoms with E-state index >= 15 is 0 Å². The SMILES string of the molecule is CCC(CC)(O[Si](C)(C)C)[SiH2]CCC[Si](C)(C)O. The van der Waals surface area contributed by atoms with Crippen molar-refractivity contribution < 1.29 is 9.22 Å². The normalized spacial score (nSPS) is 14.7. The maximum absolute atomic E-state index is 9.88. The zero-order valence-electron chi connectivity index (χ0n) is 13.6. The largest absolute Gasteiger partial charge is 0.432 e. The summed E-state index contributed by atoms with van der Waals surface area (Å²) in [5.41, 5.74) is 0. The molecule has 0 aromatic rings. The Morgan fingerprint density at radius 1 is 1.06 bits per heavy atom. The molecule has 0 spiro atoms. The van der Waals surface area contributed by atoms with Crippen LogP contribution in [0.3, 0.4) is 0 Å². The second kappa shape index (κ2) is 7.38. The summed E-state index contributed by atoms with van der Waals surface area (Å²) < 4.78 is 6.51. The topological polar surface area (TPSA) is 29.5 Å². The maximum Gasteiger partial charge on any atom is 0.184 e. The molecule has 0 aliphatic carbocycles. The predicted octanol–water partition coefficient (Wildman–Crippen LogP) is 3.53. The van der Waals surface area contributed by atoms with Crippen LogP contribution in [-0.2, 0) is 4.43 Å². The molecule has 0 saturated carbocycles. The first-order chi connectivity index (χ1) is 8.04. The summed E-state index contributed by atoms with van der Waals surface area (Å²) >= 11 is 0. The molecule has 0 atom stereocenters. The van der Waals surface area contributed by atoms with Crippen molar-refractivity contribution in [1.82, 2.24) is 0 Å². The van der Waals surface area contributed by atoms with Gasteiger partial charge in [0.15, 0.2) is 16.6 Å². The third-order valence-electron chi connectivity index (χ3n) is 3.48. The van der Waals surface area contributed by atoms with E-state index in [1.54, 1.807) is 0 Å². The van der Waals surface area contributed by atoms with Gasteiger partial charge in [0.05, 0.1) is 9.52 Å². The monoisotopic (exact) mass is 306 g/mol. The molecule has 2 nitrogen and oxygen atoms in total. The van der Waals surface area contributed by atoms with Crippen LogP contribution >= 0.6 is 0 Å². The summed E-state index contributed by atoms with van der Waals surface area (Å²) in [5, 5.41) is 0.228. The fraction of sp³-hybridized carbons (Fsp3) is 1.00. The predicted molar refractivity (Wildman–Crippen MR) is 90.2 cm³/mol. The smallest absolute Gasteiger partial charge is 0.184 e. The van der Waals surface area contributed by atoms with Crippen LogP contribution in [-0.4, -0.2) is 36.2 Å². The number of hydrogen-bond donors (Lipinski definition) is 1. The highest BCUT2D eigenvalue weighted by Gasteiger charge is 2.32. The first-order valence-electron chi connectivity index (χ1n) is 7.46. The van der Waals surface area contributed by atoms with Gasteiger partial charge in [0.2, 0.25) is 0 Å². The van der Waals surface area contributed by atoms with Crippen LogP contribution in [0.25, 0.3) is 0 Å². The van der Waals surface area contributed by atoms with Crippen molar-refractivity contribution >= 4 is 26.2 Å². The molecule has 18 heavy (non-hydrogen) atoms. The second-order valence-corrected chi connectivity index (χ2v) is 18.2. The van der Waals surface area contributed by atoms with Crippen molar-refractivity contribution in [3.05, 3.63) is 0 Å². The summed E-state index contributed by atoms with van der Waals surface area (Å²) in [6, 6.07) is 2.37. The lowest BCUT2D eigenvalue weighted by Crippen LogP contribution is -2.46. The van der Waals surface area contributed by atoms with E-state index in [1.807, 2.05) is 13.1 Å². The Morgan fingerprint density at radius 3 is 1.89 bits per heavy atom. The molecule has 0 bridgehead atoms. The second-order valence-electron chi connectivity index (χ2n) is 7.12. The van der Waals surface area contributed by atoms with Crippen molar-refractivity contribution in [1.29, 1.82) is 0 Å². The minimum atomic E-state index is -1.83. The van der Waals surface area contributed by atoms with Gasteiger partial charge in [-0.3, -0.25) is 0 Å². The molecule has 0 saturated heterocycles. The Labute approximate surface area is 119 Å². The zero-order chi connectivity index (χ0) is 14.4. The summed E-state index contributed by atoms with van der Waals surface area (Å²) in [7, 11) is -3.47. The zero-order valence-corrected chi connectivity index (χ0v) is 17.0. The van der Waals surface area contributed by atoms with E-state index in [2.05, 4.69) is 33.5 Å². The maximum atomic E-state index is 9.88. The standard InChI is InChI=1S/C13H34O2Si3/c1-8-13(9-2,15-17(3,4)5)16-11-10-12-18(6,7)14/h14H,8-12,16H2,1-7H3. The minimum absolute atomic E-state index is 0.207. The highest BCUT2D eigenvalue weighted by atomic mass is 28.4.